The summed E-state index contributed by atoms with van der Waals surface area (Å²) in [6.45, 7) is 6.80. The Labute approximate surface area is 222 Å². The number of likely N-dealkylation sites (N-methyl/N-ethyl adjacent to an activating group) is 1. The lowest BCUT2D eigenvalue weighted by molar-refractivity contribution is -0.137. The first-order chi connectivity index (χ1) is 17.5. The zero-order valence-electron chi connectivity index (χ0n) is 21.5. The van der Waals surface area contributed by atoms with Gasteiger partial charge in [0.2, 0.25) is 0 Å². The molecule has 2 amide bonds. The average molecular weight is 519 g/mol. The van der Waals surface area contributed by atoms with Crippen molar-refractivity contribution in [2.75, 3.05) is 25.1 Å². The predicted octanol–water partition coefficient (Wildman–Crippen LogP) is 4.09. The van der Waals surface area contributed by atoms with E-state index in [1.54, 1.807) is 7.05 Å². The van der Waals surface area contributed by atoms with Crippen molar-refractivity contribution in [3.63, 3.8) is 0 Å². The molecule has 0 unspecified atom stereocenters. The van der Waals surface area contributed by atoms with Gasteiger partial charge in [0, 0.05) is 30.1 Å². The van der Waals surface area contributed by atoms with Crippen molar-refractivity contribution >= 4 is 34.3 Å². The van der Waals surface area contributed by atoms with Gasteiger partial charge in [0.1, 0.15) is 29.3 Å². The molecule has 0 spiro atoms. The third-order valence-electron chi connectivity index (χ3n) is 6.20. The van der Waals surface area contributed by atoms with Gasteiger partial charge >= 0.3 is 0 Å². The van der Waals surface area contributed by atoms with E-state index in [0.717, 1.165) is 11.1 Å². The van der Waals surface area contributed by atoms with Crippen LogP contribution >= 0.6 is 11.6 Å². The number of ether oxygens (including phenoxy) is 1. The van der Waals surface area contributed by atoms with Crippen molar-refractivity contribution < 1.29 is 14.3 Å². The Kier molecular flexibility index (Phi) is 7.60. The van der Waals surface area contributed by atoms with Gasteiger partial charge in [-0.15, -0.1) is 0 Å². The minimum atomic E-state index is -0.825. The van der Waals surface area contributed by atoms with E-state index >= 15 is 0 Å². The monoisotopic (exact) mass is 518 g/mol. The van der Waals surface area contributed by atoms with Gasteiger partial charge in [0.15, 0.2) is 0 Å². The van der Waals surface area contributed by atoms with E-state index in [4.69, 9.17) is 22.1 Å². The van der Waals surface area contributed by atoms with Crippen molar-refractivity contribution in [1.29, 1.82) is 0 Å². The maximum absolute atomic E-state index is 13.4. The van der Waals surface area contributed by atoms with Crippen molar-refractivity contribution in [3.05, 3.63) is 70.9 Å². The molecule has 0 saturated heterocycles. The quantitative estimate of drug-likeness (QED) is 0.487. The Morgan fingerprint density at radius 2 is 1.92 bits per heavy atom. The molecular weight excluding hydrogens is 488 g/mol. The standard InChI is InChI=1S/C29H31ClN4O3/c1-29(2,3)14-12-19-10-11-22-24(16-19)37-18-23(27(35)33(22)4)34-15-13-21(25(31)28(34)36)26(30)32-17-20-8-6-5-7-9-20/h5-11,16,23H,13,15,17-18,31H2,1-4H3/t23-/m0/s1. The predicted molar refractivity (Wildman–Crippen MR) is 146 cm³/mol. The van der Waals surface area contributed by atoms with Gasteiger partial charge in [0.25, 0.3) is 11.8 Å². The van der Waals surface area contributed by atoms with Gasteiger partial charge in [-0.3, -0.25) is 14.6 Å². The van der Waals surface area contributed by atoms with Gasteiger partial charge in [-0.2, -0.15) is 0 Å². The zero-order chi connectivity index (χ0) is 26.7. The molecule has 0 aromatic heterocycles. The number of benzene rings is 2. The van der Waals surface area contributed by atoms with E-state index in [1.165, 1.54) is 9.80 Å². The zero-order valence-corrected chi connectivity index (χ0v) is 22.3. The third kappa shape index (κ3) is 5.98. The molecule has 2 aromatic carbocycles. The fourth-order valence-electron chi connectivity index (χ4n) is 4.15. The van der Waals surface area contributed by atoms with Gasteiger partial charge < -0.3 is 20.3 Å². The molecule has 37 heavy (non-hydrogen) atoms. The molecule has 2 aliphatic rings. The maximum Gasteiger partial charge on any atom is 0.270 e. The van der Waals surface area contributed by atoms with Crippen LogP contribution in [0.4, 0.5) is 5.69 Å². The van der Waals surface area contributed by atoms with Crippen LogP contribution in [0.1, 0.15) is 38.3 Å². The van der Waals surface area contributed by atoms with Crippen LogP contribution in [0.15, 0.2) is 64.8 Å². The van der Waals surface area contributed by atoms with Crippen LogP contribution in [0.3, 0.4) is 0 Å². The number of anilines is 1. The molecule has 4 rings (SSSR count). The summed E-state index contributed by atoms with van der Waals surface area (Å²) in [5.74, 6) is 6.21. The molecule has 2 N–H and O–H groups in total. The Balaban J connectivity index is 1.53. The van der Waals surface area contributed by atoms with Gasteiger partial charge in [-0.1, -0.05) is 53.8 Å². The molecular formula is C29H31ClN4O3. The van der Waals surface area contributed by atoms with Crippen molar-refractivity contribution in [2.24, 2.45) is 16.1 Å². The molecule has 0 aliphatic carbocycles. The number of nitrogens with two attached hydrogens (primary N) is 1. The van der Waals surface area contributed by atoms with Crippen LogP contribution in [0.2, 0.25) is 0 Å². The second-order valence-electron chi connectivity index (χ2n) is 10.1. The number of carbonyl (C=O) groups is 2. The Morgan fingerprint density at radius 1 is 1.19 bits per heavy atom. The number of fused-ring (bicyclic) bond motifs is 1. The summed E-state index contributed by atoms with van der Waals surface area (Å²) in [6.07, 6.45) is 0.391. The largest absolute Gasteiger partial charge is 0.489 e. The third-order valence-corrected chi connectivity index (χ3v) is 6.55. The van der Waals surface area contributed by atoms with E-state index in [1.807, 2.05) is 69.3 Å². The van der Waals surface area contributed by atoms with Crippen molar-refractivity contribution in [2.45, 2.75) is 39.8 Å². The molecule has 192 valence electrons. The van der Waals surface area contributed by atoms with Crippen LogP contribution in [0.5, 0.6) is 5.75 Å². The van der Waals surface area contributed by atoms with Gasteiger partial charge in [0.05, 0.1) is 12.2 Å². The lowest BCUT2D eigenvalue weighted by atomic mass is 9.97. The highest BCUT2D eigenvalue weighted by Crippen LogP contribution is 2.33. The summed E-state index contributed by atoms with van der Waals surface area (Å²) >= 11 is 6.44. The van der Waals surface area contributed by atoms with Crippen LogP contribution in [0.25, 0.3) is 0 Å². The number of rotatable bonds is 4. The molecule has 2 aromatic rings. The molecule has 2 heterocycles. The highest BCUT2D eigenvalue weighted by Gasteiger charge is 2.39. The highest BCUT2D eigenvalue weighted by molar-refractivity contribution is 6.69. The number of amides is 2. The normalized spacial score (nSPS) is 18.6. The van der Waals surface area contributed by atoms with Crippen molar-refractivity contribution in [1.82, 2.24) is 4.90 Å². The van der Waals surface area contributed by atoms with E-state index < -0.39 is 11.9 Å². The summed E-state index contributed by atoms with van der Waals surface area (Å²) in [5.41, 5.74) is 9.01. The smallest absolute Gasteiger partial charge is 0.270 e. The first-order valence-electron chi connectivity index (χ1n) is 12.2. The van der Waals surface area contributed by atoms with Crippen LogP contribution in [-0.2, 0) is 16.1 Å². The molecule has 1 atom stereocenters. The first-order valence-corrected chi connectivity index (χ1v) is 12.5. The lowest BCUT2D eigenvalue weighted by Gasteiger charge is -2.34. The highest BCUT2D eigenvalue weighted by atomic mass is 35.5. The molecule has 0 fully saturated rings. The molecule has 0 saturated carbocycles. The summed E-state index contributed by atoms with van der Waals surface area (Å²) in [6, 6.07) is 14.4. The average Bonchev–Trinajstić information content (AvgIpc) is 2.99. The summed E-state index contributed by atoms with van der Waals surface area (Å²) in [4.78, 5) is 34.1. The van der Waals surface area contributed by atoms with E-state index in [0.29, 0.717) is 30.0 Å². The minimum absolute atomic E-state index is 0.00465. The summed E-state index contributed by atoms with van der Waals surface area (Å²) < 4.78 is 6.04. The van der Waals surface area contributed by atoms with Gasteiger partial charge in [-0.05, 0) is 51.0 Å². The maximum atomic E-state index is 13.4. The minimum Gasteiger partial charge on any atom is -0.489 e. The number of hydrogen-bond acceptors (Lipinski definition) is 5. The molecule has 0 bridgehead atoms. The number of hydrogen-bond donors (Lipinski definition) is 1. The Hall–Kier alpha value is -3.76. The SMILES string of the molecule is CN1C(=O)[C@@H](N2CCC(C(Cl)=NCc3ccccc3)=C(N)C2=O)COc2cc(C#CC(C)(C)C)ccc21. The first kappa shape index (κ1) is 26.3. The summed E-state index contributed by atoms with van der Waals surface area (Å²) in [5, 5.41) is 0.214. The number of halogens is 1. The fraction of sp³-hybridized carbons (Fsp3) is 0.345. The topological polar surface area (TPSA) is 88.2 Å². The number of carbonyl (C=O) groups excluding carboxylic acids is 2. The fourth-order valence-corrected chi connectivity index (χ4v) is 4.41. The lowest BCUT2D eigenvalue weighted by Crippen LogP contribution is -2.55. The second kappa shape index (κ2) is 10.7. The van der Waals surface area contributed by atoms with Crippen LogP contribution < -0.4 is 15.4 Å². The van der Waals surface area contributed by atoms with E-state index in [9.17, 15) is 9.59 Å². The molecule has 2 aliphatic heterocycles. The Morgan fingerprint density at radius 3 is 2.62 bits per heavy atom. The van der Waals surface area contributed by atoms with Crippen molar-refractivity contribution in [3.8, 4) is 17.6 Å². The molecule has 8 heteroatoms. The number of nitrogens with zero attached hydrogens (tertiary/aromatic N) is 3. The van der Waals surface area contributed by atoms with Crippen LogP contribution in [-0.4, -0.2) is 48.1 Å². The van der Waals surface area contributed by atoms with E-state index in [-0.39, 0.29) is 35.3 Å². The second-order valence-corrected chi connectivity index (χ2v) is 10.5. The molecule has 0 radical (unpaired) electrons. The van der Waals surface area contributed by atoms with Crippen LogP contribution in [0, 0.1) is 17.3 Å². The molecule has 7 nitrogen and oxygen atoms in total. The van der Waals surface area contributed by atoms with Gasteiger partial charge in [-0.25, -0.2) is 0 Å². The van der Waals surface area contributed by atoms with E-state index in [2.05, 4.69) is 16.8 Å². The summed E-state index contributed by atoms with van der Waals surface area (Å²) in [7, 11) is 1.68. The number of aliphatic imine (C=N–C) groups is 1. The Bertz CT molecular complexity index is 1330.